The van der Waals surface area contributed by atoms with Crippen LogP contribution in [-0.4, -0.2) is 132 Å². The number of thioether (sulfide) groups is 1. The van der Waals surface area contributed by atoms with Crippen LogP contribution in [0.3, 0.4) is 0 Å². The van der Waals surface area contributed by atoms with E-state index in [0.717, 1.165) is 43.8 Å². The first-order chi connectivity index (χ1) is 49.1. The number of hydrogen-bond donors (Lipinski definition) is 1. The lowest BCUT2D eigenvalue weighted by molar-refractivity contribution is -0.387. The molecule has 4 aliphatic heterocycles. The first-order valence-electron chi connectivity index (χ1n) is 33.9. The van der Waals surface area contributed by atoms with Crippen LogP contribution in [0.5, 0.6) is 0 Å². The SMILES string of the molecule is Cc1ccc(S[C@@H]2O[C@H](COCc3ccccc3)[C@@H](O[C@@H]3O[C@H](COCc4ccccc4)[C@H](OCc4ccccc4)[C@H](O)C3O[C@@H]3O[C@@H](C)[C@@H](OC(=O)c4ccccc4)[C@@H](OCc4ccccc4)[C@@H]3OCc3ccccc3)[C@H](OCc3ccccc3)[C@H]2N2C(=O)c3ccccc3C2=O)cc1. The molecule has 0 bridgehead atoms. The van der Waals surface area contributed by atoms with Crippen LogP contribution >= 0.6 is 11.8 Å². The van der Waals surface area contributed by atoms with Gasteiger partial charge in [0.1, 0.15) is 66.4 Å². The van der Waals surface area contributed by atoms with Gasteiger partial charge in [-0.3, -0.25) is 14.5 Å². The molecule has 4 heterocycles. The Balaban J connectivity index is 0.940. The Labute approximate surface area is 587 Å². The van der Waals surface area contributed by atoms with Gasteiger partial charge in [-0.05, 0) is 83.6 Å². The van der Waals surface area contributed by atoms with Crippen LogP contribution in [-0.2, 0) is 96.5 Å². The maximum absolute atomic E-state index is 15.3. The first kappa shape index (κ1) is 69.9. The second-order valence-electron chi connectivity index (χ2n) is 25.2. The van der Waals surface area contributed by atoms with Gasteiger partial charge in [0.05, 0.1) is 75.6 Å². The minimum absolute atomic E-state index is 0.0153. The second kappa shape index (κ2) is 34.2. The van der Waals surface area contributed by atoms with Crippen molar-refractivity contribution in [1.29, 1.82) is 0 Å². The fraction of sp³-hybridized carbons (Fsp3) is 0.305. The molecule has 9 aromatic carbocycles. The number of aliphatic hydroxyl groups is 1. The number of hydrogen-bond acceptors (Lipinski definition) is 17. The highest BCUT2D eigenvalue weighted by atomic mass is 32.2. The quantitative estimate of drug-likeness (QED) is 0.0344. The molecule has 100 heavy (non-hydrogen) atoms. The van der Waals surface area contributed by atoms with E-state index >= 15 is 9.59 Å². The number of aliphatic hydroxyl groups excluding tert-OH is 1. The van der Waals surface area contributed by atoms with Crippen LogP contribution < -0.4 is 0 Å². The highest BCUT2D eigenvalue weighted by Crippen LogP contribution is 2.44. The van der Waals surface area contributed by atoms with E-state index in [-0.39, 0.29) is 64.0 Å². The zero-order chi connectivity index (χ0) is 68.6. The highest BCUT2D eigenvalue weighted by Gasteiger charge is 2.59. The number of benzene rings is 9. The van der Waals surface area contributed by atoms with Gasteiger partial charge in [0.15, 0.2) is 18.7 Å². The van der Waals surface area contributed by atoms with Crippen LogP contribution in [0.4, 0.5) is 0 Å². The molecule has 13 rings (SSSR count). The molecule has 1 unspecified atom stereocenters. The zero-order valence-electron chi connectivity index (χ0n) is 55.6. The molecule has 9 aromatic rings. The Morgan fingerprint density at radius 3 is 1.29 bits per heavy atom. The van der Waals surface area contributed by atoms with Gasteiger partial charge < -0.3 is 61.9 Å². The summed E-state index contributed by atoms with van der Waals surface area (Å²) in [6.45, 7) is 3.99. The van der Waals surface area contributed by atoms with E-state index in [1.54, 1.807) is 55.5 Å². The summed E-state index contributed by atoms with van der Waals surface area (Å²) in [6.07, 6.45) is -16.5. The van der Waals surface area contributed by atoms with Gasteiger partial charge in [-0.25, -0.2) is 4.79 Å². The lowest BCUT2D eigenvalue weighted by atomic mass is 9.94. The third-order valence-electron chi connectivity index (χ3n) is 18.1. The molecule has 516 valence electrons. The molecule has 3 fully saturated rings. The van der Waals surface area contributed by atoms with Crippen molar-refractivity contribution in [1.82, 2.24) is 4.90 Å². The Morgan fingerprint density at radius 2 is 0.810 bits per heavy atom. The number of aryl methyl sites for hydroxylation is 1. The van der Waals surface area contributed by atoms with Gasteiger partial charge in [0.25, 0.3) is 11.8 Å². The molecule has 18 heteroatoms. The molecule has 0 saturated carbocycles. The summed E-state index contributed by atoms with van der Waals surface area (Å²) in [4.78, 5) is 46.9. The second-order valence-corrected chi connectivity index (χ2v) is 26.4. The van der Waals surface area contributed by atoms with E-state index in [0.29, 0.717) is 5.56 Å². The Hall–Kier alpha value is -8.54. The molecule has 15 atom stereocenters. The Morgan fingerprint density at radius 1 is 0.420 bits per heavy atom. The average molecular weight is 1370 g/mol. The summed E-state index contributed by atoms with van der Waals surface area (Å²) in [5.41, 5.74) is 5.81. The molecule has 4 aliphatic rings. The topological polar surface area (TPSA) is 185 Å². The summed E-state index contributed by atoms with van der Waals surface area (Å²) >= 11 is 1.34. The van der Waals surface area contributed by atoms with Crippen molar-refractivity contribution in [3.8, 4) is 0 Å². The van der Waals surface area contributed by atoms with E-state index in [1.165, 1.54) is 16.7 Å². The molecule has 3 saturated heterocycles. The minimum Gasteiger partial charge on any atom is -0.453 e. The van der Waals surface area contributed by atoms with E-state index in [4.69, 9.17) is 56.8 Å². The number of esters is 1. The van der Waals surface area contributed by atoms with Crippen molar-refractivity contribution in [2.24, 2.45) is 0 Å². The molecule has 0 aromatic heterocycles. The maximum atomic E-state index is 15.3. The molecule has 0 aliphatic carbocycles. The van der Waals surface area contributed by atoms with Gasteiger partial charge in [-0.15, -0.1) is 0 Å². The lowest BCUT2D eigenvalue weighted by Crippen LogP contribution is -2.69. The van der Waals surface area contributed by atoms with Crippen LogP contribution in [0.25, 0.3) is 0 Å². The van der Waals surface area contributed by atoms with Gasteiger partial charge in [-0.2, -0.15) is 0 Å². The predicted octanol–water partition coefficient (Wildman–Crippen LogP) is 13.1. The number of ether oxygens (including phenoxy) is 12. The number of rotatable bonds is 29. The summed E-state index contributed by atoms with van der Waals surface area (Å²) in [7, 11) is 0. The normalized spacial score (nSPS) is 25.9. The standard InChI is InChI=1S/C82H81NO16S/c1-54-42-44-63(45-43-54)100-82-68(83-77(85)64-40-24-25-41-65(64)78(83)86)73(91-49-59-32-16-6-17-33-59)72(67(96-82)53-89-47-57-28-12-4-13-29-57)98-80-74(69(84)71(90-48-58-30-14-5-15-31-58)66(95-80)52-88-46-56-26-10-3-11-27-56)99-81-76(93-51-61-36-20-8-21-37-61)75(92-50-60-34-18-7-19-35-60)70(55(2)94-81)97-79(87)62-38-22-9-23-39-62/h3-45,55,66-76,80-82,84H,46-53H2,1-2H3/t55-,66+,67+,68+,69-,70+,71-,72+,73+,74?,75+,76-,80-,81-,82-/m0/s1. The average Bonchev–Trinajstić information content (AvgIpc) is 1.44. The number of nitrogens with zero attached hydrogens (tertiary/aromatic N) is 1. The smallest absolute Gasteiger partial charge is 0.338 e. The first-order valence-corrected chi connectivity index (χ1v) is 34.7. The van der Waals surface area contributed by atoms with Crippen molar-refractivity contribution in [3.05, 3.63) is 316 Å². The Kier molecular flexibility index (Phi) is 23.9. The van der Waals surface area contributed by atoms with E-state index in [1.807, 2.05) is 219 Å². The summed E-state index contributed by atoms with van der Waals surface area (Å²) in [5, 5.41) is 13.7. The number of imide groups is 1. The van der Waals surface area contributed by atoms with Gasteiger partial charge in [-0.1, -0.05) is 242 Å². The molecule has 0 spiro atoms. The number of carbonyl (C=O) groups excluding carboxylic acids is 3. The number of carbonyl (C=O) groups is 3. The van der Waals surface area contributed by atoms with Crippen LogP contribution in [0.1, 0.15) is 76.9 Å². The molecule has 2 amide bonds. The largest absolute Gasteiger partial charge is 0.453 e. The van der Waals surface area contributed by atoms with Gasteiger partial charge >= 0.3 is 5.97 Å². The van der Waals surface area contributed by atoms with E-state index in [2.05, 4.69) is 0 Å². The molecule has 0 radical (unpaired) electrons. The fourth-order valence-corrected chi connectivity index (χ4v) is 14.1. The van der Waals surface area contributed by atoms with E-state index < -0.39 is 109 Å². The zero-order valence-corrected chi connectivity index (χ0v) is 56.4. The Bertz CT molecular complexity index is 3990. The van der Waals surface area contributed by atoms with Crippen molar-refractivity contribution in [3.63, 3.8) is 0 Å². The van der Waals surface area contributed by atoms with Crippen molar-refractivity contribution >= 4 is 29.5 Å². The molecular weight excluding hydrogens is 1290 g/mol. The van der Waals surface area contributed by atoms with E-state index in [9.17, 15) is 9.90 Å². The van der Waals surface area contributed by atoms with Crippen LogP contribution in [0, 0.1) is 6.92 Å². The van der Waals surface area contributed by atoms with Crippen LogP contribution in [0.2, 0.25) is 0 Å². The van der Waals surface area contributed by atoms with Crippen molar-refractivity contribution in [2.75, 3.05) is 13.2 Å². The summed E-state index contributed by atoms with van der Waals surface area (Å²) in [6, 6.07) is 79.8. The van der Waals surface area contributed by atoms with Crippen molar-refractivity contribution in [2.45, 2.75) is 150 Å². The van der Waals surface area contributed by atoms with Gasteiger partial charge in [0.2, 0.25) is 0 Å². The van der Waals surface area contributed by atoms with Crippen LogP contribution in [0.15, 0.2) is 266 Å². The molecular formula is C82H81NO16S. The summed E-state index contributed by atoms with van der Waals surface area (Å²) < 4.78 is 84.7. The summed E-state index contributed by atoms with van der Waals surface area (Å²) in [5.74, 6) is -1.70. The highest BCUT2D eigenvalue weighted by molar-refractivity contribution is 7.99. The molecule has 17 nitrogen and oxygen atoms in total. The number of amides is 2. The molecule has 1 N–H and O–H groups in total. The lowest BCUT2D eigenvalue weighted by Gasteiger charge is -2.52. The van der Waals surface area contributed by atoms with Crippen molar-refractivity contribution < 1.29 is 76.3 Å². The maximum Gasteiger partial charge on any atom is 0.338 e. The third-order valence-corrected chi connectivity index (χ3v) is 19.3. The fourth-order valence-electron chi connectivity index (χ4n) is 13.0. The van der Waals surface area contributed by atoms with Gasteiger partial charge in [0, 0.05) is 4.90 Å². The minimum atomic E-state index is -1.63. The third kappa shape index (κ3) is 17.4. The predicted molar refractivity (Wildman–Crippen MR) is 373 cm³/mol. The monoisotopic (exact) mass is 1370 g/mol. The number of fused-ring (bicyclic) bond motifs is 1.